The van der Waals surface area contributed by atoms with Crippen LogP contribution in [0.5, 0.6) is 0 Å². The van der Waals surface area contributed by atoms with Crippen LogP contribution in [-0.4, -0.2) is 10.1 Å². The number of hydrazine groups is 1. The van der Waals surface area contributed by atoms with Gasteiger partial charge in [-0.15, -0.1) is 0 Å². The molecule has 0 spiro atoms. The Morgan fingerprint density at radius 3 is 2.92 bits per heavy atom. The van der Waals surface area contributed by atoms with E-state index >= 15 is 0 Å². The molecule has 0 amide bonds. The molecule has 0 saturated heterocycles. The van der Waals surface area contributed by atoms with Crippen LogP contribution in [0.1, 0.15) is 5.56 Å². The van der Waals surface area contributed by atoms with E-state index in [1.165, 1.54) is 0 Å². The molecule has 1 rings (SSSR count). The number of hydrogen-bond donors (Lipinski definition) is 3. The van der Waals surface area contributed by atoms with Gasteiger partial charge in [-0.3, -0.25) is 4.98 Å². The monoisotopic (exact) mass is 182 g/mol. The maximum Gasteiger partial charge on any atom is 0.185 e. The number of nitrogens with zero attached hydrogens (tertiary/aromatic N) is 1. The Morgan fingerprint density at radius 1 is 1.58 bits per heavy atom. The highest BCUT2D eigenvalue weighted by Crippen LogP contribution is 2.06. The number of aromatic nitrogens is 1. The number of anilines is 1. The Hall–Kier alpha value is -1.20. The van der Waals surface area contributed by atoms with Crippen LogP contribution >= 0.6 is 12.2 Å². The largest absolute Gasteiger partial charge is 0.330 e. The van der Waals surface area contributed by atoms with Gasteiger partial charge in [-0.05, 0) is 30.8 Å². The van der Waals surface area contributed by atoms with E-state index in [0.717, 1.165) is 11.3 Å². The Bertz CT molecular complexity index is 286. The van der Waals surface area contributed by atoms with E-state index in [-0.39, 0.29) is 0 Å². The van der Waals surface area contributed by atoms with Crippen molar-refractivity contribution < 1.29 is 0 Å². The molecule has 0 unspecified atom stereocenters. The van der Waals surface area contributed by atoms with Crippen molar-refractivity contribution in [3.63, 3.8) is 0 Å². The molecule has 0 aliphatic carbocycles. The molecule has 0 aliphatic rings. The van der Waals surface area contributed by atoms with Crippen LogP contribution in [0.3, 0.4) is 0 Å². The minimum Gasteiger partial charge on any atom is -0.330 e. The molecule has 64 valence electrons. The van der Waals surface area contributed by atoms with Gasteiger partial charge in [0, 0.05) is 6.20 Å². The molecule has 0 aromatic carbocycles. The standard InChI is InChI=1S/C7H10N4S/c1-5-2-6(4-9-3-5)10-7(12)11-8/h2-4H,8H2,1H3,(H2,10,11,12). The zero-order valence-electron chi connectivity index (χ0n) is 6.66. The molecule has 4 N–H and O–H groups in total. The molecule has 12 heavy (non-hydrogen) atoms. The van der Waals surface area contributed by atoms with E-state index < -0.39 is 0 Å². The summed E-state index contributed by atoms with van der Waals surface area (Å²) in [5, 5.41) is 3.24. The van der Waals surface area contributed by atoms with E-state index in [4.69, 9.17) is 18.1 Å². The Kier molecular flexibility index (Phi) is 2.95. The minimum absolute atomic E-state index is 0.377. The highest BCUT2D eigenvalue weighted by Gasteiger charge is 1.94. The van der Waals surface area contributed by atoms with E-state index in [1.54, 1.807) is 12.4 Å². The number of nitrogens with two attached hydrogens (primary N) is 1. The molecule has 1 heterocycles. The number of thiocarbonyl (C=S) groups is 1. The number of aryl methyl sites for hydroxylation is 1. The van der Waals surface area contributed by atoms with Gasteiger partial charge in [-0.25, -0.2) is 5.84 Å². The molecule has 5 heteroatoms. The highest BCUT2D eigenvalue weighted by molar-refractivity contribution is 7.80. The van der Waals surface area contributed by atoms with E-state index in [1.807, 2.05) is 13.0 Å². The van der Waals surface area contributed by atoms with Gasteiger partial charge >= 0.3 is 0 Å². The SMILES string of the molecule is Cc1cncc(NC(=S)NN)c1. The number of rotatable bonds is 1. The van der Waals surface area contributed by atoms with Gasteiger partial charge in [0.15, 0.2) is 5.11 Å². The van der Waals surface area contributed by atoms with Crippen molar-refractivity contribution in [1.82, 2.24) is 10.4 Å². The molecule has 1 aromatic rings. The number of pyridine rings is 1. The summed E-state index contributed by atoms with van der Waals surface area (Å²) in [7, 11) is 0. The second-order valence-corrected chi connectivity index (χ2v) is 2.76. The molecule has 0 aliphatic heterocycles. The third-order valence-electron chi connectivity index (χ3n) is 1.26. The van der Waals surface area contributed by atoms with Crippen LogP contribution in [0.2, 0.25) is 0 Å². The van der Waals surface area contributed by atoms with E-state index in [9.17, 15) is 0 Å². The van der Waals surface area contributed by atoms with Crippen LogP contribution in [0.4, 0.5) is 5.69 Å². The molecule has 4 nitrogen and oxygen atoms in total. The maximum absolute atomic E-state index is 5.08. The van der Waals surface area contributed by atoms with Crippen molar-refractivity contribution in [1.29, 1.82) is 0 Å². The zero-order chi connectivity index (χ0) is 8.97. The highest BCUT2D eigenvalue weighted by atomic mass is 32.1. The van der Waals surface area contributed by atoms with Crippen LogP contribution < -0.4 is 16.6 Å². The van der Waals surface area contributed by atoms with Crippen molar-refractivity contribution in [2.45, 2.75) is 6.92 Å². The lowest BCUT2D eigenvalue weighted by molar-refractivity contribution is 1.04. The third-order valence-corrected chi connectivity index (χ3v) is 1.48. The molecule has 0 saturated carbocycles. The lowest BCUT2D eigenvalue weighted by Gasteiger charge is -2.05. The second kappa shape index (κ2) is 3.99. The Labute approximate surface area is 76.1 Å². The van der Waals surface area contributed by atoms with Crippen molar-refractivity contribution in [3.8, 4) is 0 Å². The van der Waals surface area contributed by atoms with Gasteiger partial charge < -0.3 is 10.7 Å². The molecule has 0 atom stereocenters. The first-order valence-electron chi connectivity index (χ1n) is 3.41. The average molecular weight is 182 g/mol. The predicted octanol–water partition coefficient (Wildman–Crippen LogP) is 0.550. The van der Waals surface area contributed by atoms with Crippen molar-refractivity contribution in [2.24, 2.45) is 5.84 Å². The van der Waals surface area contributed by atoms with Gasteiger partial charge in [-0.2, -0.15) is 0 Å². The van der Waals surface area contributed by atoms with Crippen LogP contribution in [-0.2, 0) is 0 Å². The van der Waals surface area contributed by atoms with Gasteiger partial charge in [-0.1, -0.05) is 0 Å². The van der Waals surface area contributed by atoms with Crippen molar-refractivity contribution in [2.75, 3.05) is 5.32 Å². The summed E-state index contributed by atoms with van der Waals surface area (Å²) in [4.78, 5) is 3.98. The first kappa shape index (κ1) is 8.89. The summed E-state index contributed by atoms with van der Waals surface area (Å²) in [5.74, 6) is 5.08. The van der Waals surface area contributed by atoms with E-state index in [2.05, 4.69) is 15.7 Å². The van der Waals surface area contributed by atoms with Gasteiger partial charge in [0.1, 0.15) is 0 Å². The van der Waals surface area contributed by atoms with Gasteiger partial charge in [0.25, 0.3) is 0 Å². The van der Waals surface area contributed by atoms with Crippen LogP contribution in [0, 0.1) is 6.92 Å². The smallest absolute Gasteiger partial charge is 0.185 e. The number of nitrogens with one attached hydrogen (secondary N) is 2. The summed E-state index contributed by atoms with van der Waals surface area (Å²) >= 11 is 4.81. The fourth-order valence-electron chi connectivity index (χ4n) is 0.790. The van der Waals surface area contributed by atoms with Crippen molar-refractivity contribution >= 4 is 23.0 Å². The second-order valence-electron chi connectivity index (χ2n) is 2.35. The fourth-order valence-corrected chi connectivity index (χ4v) is 0.908. The van der Waals surface area contributed by atoms with Crippen LogP contribution in [0.15, 0.2) is 18.5 Å². The van der Waals surface area contributed by atoms with E-state index in [0.29, 0.717) is 5.11 Å². The Morgan fingerprint density at radius 2 is 2.33 bits per heavy atom. The first-order chi connectivity index (χ1) is 5.72. The lowest BCUT2D eigenvalue weighted by atomic mass is 10.3. The van der Waals surface area contributed by atoms with Gasteiger partial charge in [0.2, 0.25) is 0 Å². The molecule has 1 aromatic heterocycles. The normalized spacial score (nSPS) is 9.17. The first-order valence-corrected chi connectivity index (χ1v) is 3.82. The average Bonchev–Trinajstić information content (AvgIpc) is 2.04. The summed E-state index contributed by atoms with van der Waals surface area (Å²) < 4.78 is 0. The predicted molar refractivity (Wildman–Crippen MR) is 52.5 cm³/mol. The topological polar surface area (TPSA) is 63.0 Å². The zero-order valence-corrected chi connectivity index (χ0v) is 7.48. The van der Waals surface area contributed by atoms with Crippen molar-refractivity contribution in [3.05, 3.63) is 24.0 Å². The fraction of sp³-hybridized carbons (Fsp3) is 0.143. The van der Waals surface area contributed by atoms with Crippen LogP contribution in [0.25, 0.3) is 0 Å². The lowest BCUT2D eigenvalue weighted by Crippen LogP contribution is -2.34. The maximum atomic E-state index is 5.08. The quantitative estimate of drug-likeness (QED) is 0.336. The molecular formula is C7H10N4S. The molecule has 0 radical (unpaired) electrons. The summed E-state index contributed by atoms with van der Waals surface area (Å²) in [6, 6.07) is 1.93. The summed E-state index contributed by atoms with van der Waals surface area (Å²) in [6.45, 7) is 1.96. The molecule has 0 fully saturated rings. The summed E-state index contributed by atoms with van der Waals surface area (Å²) in [6.07, 6.45) is 3.45. The third kappa shape index (κ3) is 2.44. The summed E-state index contributed by atoms with van der Waals surface area (Å²) in [5.41, 5.74) is 4.23. The molecule has 0 bridgehead atoms. The Balaban J connectivity index is 2.69. The molecular weight excluding hydrogens is 172 g/mol. The van der Waals surface area contributed by atoms with Gasteiger partial charge in [0.05, 0.1) is 11.9 Å². The minimum atomic E-state index is 0.377. The number of hydrogen-bond acceptors (Lipinski definition) is 3.